The number of nitro groups is 1. The van der Waals surface area contributed by atoms with E-state index in [0.29, 0.717) is 11.6 Å². The van der Waals surface area contributed by atoms with Crippen LogP contribution in [0, 0.1) is 10.1 Å². The first-order valence-corrected chi connectivity index (χ1v) is 5.16. The Morgan fingerprint density at radius 2 is 2.00 bits per heavy atom. The first-order chi connectivity index (χ1) is 8.74. The molecule has 2 heterocycles. The van der Waals surface area contributed by atoms with Crippen molar-refractivity contribution in [1.82, 2.24) is 19.6 Å². The number of benzene rings is 1. The smallest absolute Gasteiger partial charge is 0.258 e. The summed E-state index contributed by atoms with van der Waals surface area (Å²) in [5.41, 5.74) is 0.720. The summed E-state index contributed by atoms with van der Waals surface area (Å²) < 4.78 is 1.31. The van der Waals surface area contributed by atoms with E-state index in [1.54, 1.807) is 0 Å². The highest BCUT2D eigenvalue weighted by atomic mass is 16.6. The van der Waals surface area contributed by atoms with E-state index in [2.05, 4.69) is 15.1 Å². The molecule has 2 aromatic heterocycles. The predicted octanol–water partition coefficient (Wildman–Crippen LogP) is 1.70. The maximum absolute atomic E-state index is 10.6. The summed E-state index contributed by atoms with van der Waals surface area (Å²) in [4.78, 5) is 18.2. The minimum atomic E-state index is -0.518. The number of hydrogen-bond donors (Lipinski definition) is 0. The molecule has 0 aliphatic carbocycles. The van der Waals surface area contributed by atoms with Gasteiger partial charge in [-0.05, 0) is 0 Å². The molecule has 3 rings (SSSR count). The summed E-state index contributed by atoms with van der Waals surface area (Å²) in [5.74, 6) is 0.822. The van der Waals surface area contributed by atoms with Crippen LogP contribution in [0.25, 0.3) is 17.2 Å². The molecule has 0 aliphatic rings. The summed E-state index contributed by atoms with van der Waals surface area (Å²) in [7, 11) is 0. The van der Waals surface area contributed by atoms with E-state index in [1.807, 2.05) is 30.3 Å². The Balaban J connectivity index is 2.14. The lowest BCUT2D eigenvalue weighted by atomic mass is 10.2. The lowest BCUT2D eigenvalue weighted by Gasteiger charge is -1.91. The average Bonchev–Trinajstić information content (AvgIpc) is 2.82. The zero-order valence-electron chi connectivity index (χ0n) is 9.09. The molecular weight excluding hydrogens is 234 g/mol. The lowest BCUT2D eigenvalue weighted by molar-refractivity contribution is -0.385. The molecular formula is C11H7N5O2. The second-order valence-corrected chi connectivity index (χ2v) is 3.62. The first-order valence-electron chi connectivity index (χ1n) is 5.16. The van der Waals surface area contributed by atoms with Crippen molar-refractivity contribution in [3.05, 3.63) is 52.8 Å². The molecule has 0 amide bonds. The predicted molar refractivity (Wildman–Crippen MR) is 62.9 cm³/mol. The molecule has 3 aromatic rings. The molecule has 0 atom stereocenters. The molecule has 0 N–H and O–H groups in total. The summed E-state index contributed by atoms with van der Waals surface area (Å²) in [6.07, 6.45) is 2.46. The van der Waals surface area contributed by atoms with Crippen molar-refractivity contribution in [1.29, 1.82) is 0 Å². The molecule has 0 fully saturated rings. The van der Waals surface area contributed by atoms with Crippen molar-refractivity contribution in [3.8, 4) is 11.4 Å². The Morgan fingerprint density at radius 1 is 1.22 bits per heavy atom. The maximum Gasteiger partial charge on any atom is 0.305 e. The summed E-state index contributed by atoms with van der Waals surface area (Å²) >= 11 is 0. The van der Waals surface area contributed by atoms with Crippen molar-refractivity contribution in [2.24, 2.45) is 0 Å². The van der Waals surface area contributed by atoms with Gasteiger partial charge in [0.15, 0.2) is 5.82 Å². The minimum absolute atomic E-state index is 0.119. The van der Waals surface area contributed by atoms with Gasteiger partial charge >= 0.3 is 5.69 Å². The Morgan fingerprint density at radius 3 is 2.72 bits per heavy atom. The van der Waals surface area contributed by atoms with Crippen LogP contribution in [-0.2, 0) is 0 Å². The number of nitrogens with zero attached hydrogens (tertiary/aromatic N) is 5. The van der Waals surface area contributed by atoms with Gasteiger partial charge in [-0.2, -0.15) is 9.50 Å². The Kier molecular flexibility index (Phi) is 2.23. The van der Waals surface area contributed by atoms with E-state index < -0.39 is 4.92 Å². The third-order valence-corrected chi connectivity index (χ3v) is 2.42. The quantitative estimate of drug-likeness (QED) is 0.503. The maximum atomic E-state index is 10.6. The average molecular weight is 241 g/mol. The fourth-order valence-corrected chi connectivity index (χ4v) is 1.58. The SMILES string of the molecule is O=[N+]([O-])c1cnc2nc(-c3ccccc3)nn2c1. The van der Waals surface area contributed by atoms with Crippen LogP contribution in [0.15, 0.2) is 42.7 Å². The molecule has 0 unspecified atom stereocenters. The third kappa shape index (κ3) is 1.67. The molecule has 0 saturated carbocycles. The van der Waals surface area contributed by atoms with Gasteiger partial charge in [0.05, 0.1) is 4.92 Å². The standard InChI is InChI=1S/C11H7N5O2/c17-16(18)9-6-12-11-13-10(14-15(11)7-9)8-4-2-1-3-5-8/h1-7H. The molecule has 7 nitrogen and oxygen atoms in total. The number of rotatable bonds is 2. The van der Waals surface area contributed by atoms with Crippen LogP contribution in [0.2, 0.25) is 0 Å². The lowest BCUT2D eigenvalue weighted by Crippen LogP contribution is -1.95. The van der Waals surface area contributed by atoms with Crippen LogP contribution < -0.4 is 0 Å². The second-order valence-electron chi connectivity index (χ2n) is 3.62. The molecule has 0 spiro atoms. The van der Waals surface area contributed by atoms with E-state index >= 15 is 0 Å². The van der Waals surface area contributed by atoms with Gasteiger partial charge in [0.1, 0.15) is 12.4 Å². The fraction of sp³-hybridized carbons (Fsp3) is 0. The Labute approximate surface area is 101 Å². The van der Waals surface area contributed by atoms with Crippen molar-refractivity contribution in [2.75, 3.05) is 0 Å². The number of hydrogen-bond acceptors (Lipinski definition) is 5. The summed E-state index contributed by atoms with van der Waals surface area (Å²) in [6.45, 7) is 0. The topological polar surface area (TPSA) is 86.2 Å². The molecule has 18 heavy (non-hydrogen) atoms. The van der Waals surface area contributed by atoms with Crippen LogP contribution >= 0.6 is 0 Å². The zero-order valence-corrected chi connectivity index (χ0v) is 9.09. The second kappa shape index (κ2) is 3.88. The van der Waals surface area contributed by atoms with Crippen LogP contribution in [0.5, 0.6) is 0 Å². The van der Waals surface area contributed by atoms with Crippen molar-refractivity contribution < 1.29 is 4.92 Å². The van der Waals surface area contributed by atoms with Crippen molar-refractivity contribution in [2.45, 2.75) is 0 Å². The van der Waals surface area contributed by atoms with Gasteiger partial charge in [0, 0.05) is 5.56 Å². The largest absolute Gasteiger partial charge is 0.305 e. The van der Waals surface area contributed by atoms with E-state index in [-0.39, 0.29) is 5.69 Å². The Hall–Kier alpha value is -2.83. The van der Waals surface area contributed by atoms with Gasteiger partial charge in [-0.25, -0.2) is 4.98 Å². The monoisotopic (exact) mass is 241 g/mol. The summed E-state index contributed by atoms with van der Waals surface area (Å²) in [6, 6.07) is 9.36. The molecule has 0 aliphatic heterocycles. The minimum Gasteiger partial charge on any atom is -0.258 e. The molecule has 7 heteroatoms. The molecule has 88 valence electrons. The van der Waals surface area contributed by atoms with Crippen LogP contribution in [0.3, 0.4) is 0 Å². The van der Waals surface area contributed by atoms with Gasteiger partial charge in [-0.1, -0.05) is 30.3 Å². The third-order valence-electron chi connectivity index (χ3n) is 2.42. The van der Waals surface area contributed by atoms with Gasteiger partial charge < -0.3 is 0 Å². The molecule has 0 saturated heterocycles. The van der Waals surface area contributed by atoms with E-state index in [1.165, 1.54) is 16.9 Å². The molecule has 0 radical (unpaired) electrons. The highest BCUT2D eigenvalue weighted by Gasteiger charge is 2.11. The molecule has 1 aromatic carbocycles. The van der Waals surface area contributed by atoms with Crippen LogP contribution in [-0.4, -0.2) is 24.5 Å². The number of aromatic nitrogens is 4. The molecule has 0 bridgehead atoms. The highest BCUT2D eigenvalue weighted by Crippen LogP contribution is 2.16. The van der Waals surface area contributed by atoms with Crippen LogP contribution in [0.4, 0.5) is 5.69 Å². The van der Waals surface area contributed by atoms with Crippen molar-refractivity contribution in [3.63, 3.8) is 0 Å². The Bertz CT molecular complexity index is 723. The number of fused-ring (bicyclic) bond motifs is 1. The van der Waals surface area contributed by atoms with Gasteiger partial charge in [-0.3, -0.25) is 10.1 Å². The van der Waals surface area contributed by atoms with E-state index in [0.717, 1.165) is 5.56 Å². The normalized spacial score (nSPS) is 10.7. The van der Waals surface area contributed by atoms with Gasteiger partial charge in [0.25, 0.3) is 5.78 Å². The van der Waals surface area contributed by atoms with Crippen LogP contribution in [0.1, 0.15) is 0 Å². The van der Waals surface area contributed by atoms with E-state index in [4.69, 9.17) is 0 Å². The van der Waals surface area contributed by atoms with Crippen molar-refractivity contribution >= 4 is 11.5 Å². The zero-order chi connectivity index (χ0) is 12.5. The fourth-order valence-electron chi connectivity index (χ4n) is 1.58. The highest BCUT2D eigenvalue weighted by molar-refractivity contribution is 5.56. The first kappa shape index (κ1) is 10.3. The van der Waals surface area contributed by atoms with Gasteiger partial charge in [0.2, 0.25) is 0 Å². The summed E-state index contributed by atoms with van der Waals surface area (Å²) in [5, 5.41) is 14.8. The van der Waals surface area contributed by atoms with Gasteiger partial charge in [-0.15, -0.1) is 5.10 Å². The van der Waals surface area contributed by atoms with E-state index in [9.17, 15) is 10.1 Å².